The van der Waals surface area contributed by atoms with Crippen LogP contribution in [0.3, 0.4) is 0 Å². The number of benzene rings is 2. The summed E-state index contributed by atoms with van der Waals surface area (Å²) in [5.74, 6) is -0.879. The van der Waals surface area contributed by atoms with Gasteiger partial charge in [-0.15, -0.1) is 0 Å². The van der Waals surface area contributed by atoms with Gasteiger partial charge in [-0.2, -0.15) is 0 Å². The van der Waals surface area contributed by atoms with E-state index in [1.165, 1.54) is 50.2 Å². The van der Waals surface area contributed by atoms with Crippen molar-refractivity contribution in [3.63, 3.8) is 0 Å². The smallest absolute Gasteiger partial charge is 0.238 e. The van der Waals surface area contributed by atoms with Crippen molar-refractivity contribution >= 4 is 48.8 Å². The van der Waals surface area contributed by atoms with E-state index in [0.717, 1.165) is 0 Å². The Morgan fingerprint density at radius 1 is 0.938 bits per heavy atom. The molecule has 1 aliphatic rings. The highest BCUT2D eigenvalue weighted by molar-refractivity contribution is 7.93. The molecule has 8 nitrogen and oxygen atoms in total. The molecular weight excluding hydrogens is 499 g/mol. The lowest BCUT2D eigenvalue weighted by Gasteiger charge is -2.37. The van der Waals surface area contributed by atoms with Crippen LogP contribution in [0.1, 0.15) is 22.3 Å². The minimum absolute atomic E-state index is 0.0226. The van der Waals surface area contributed by atoms with Gasteiger partial charge in [0.2, 0.25) is 20.0 Å². The van der Waals surface area contributed by atoms with Crippen molar-refractivity contribution in [2.75, 3.05) is 0 Å². The monoisotopic (exact) mass is 518 g/mol. The molecule has 32 heavy (non-hydrogen) atoms. The van der Waals surface area contributed by atoms with E-state index in [2.05, 4.69) is 0 Å². The second kappa shape index (κ2) is 8.14. The summed E-state index contributed by atoms with van der Waals surface area (Å²) >= 11 is 12.4. The van der Waals surface area contributed by atoms with E-state index in [9.17, 15) is 27.0 Å². The SMILES string of the molecule is Cc1c(Cl)cccc1C1=C(S(N)(=O)=O)C(O)(c2cccc(Cl)c2C)C=C(O)C1S(N)(=O)=O. The second-order valence-electron chi connectivity index (χ2n) is 7.42. The maximum Gasteiger partial charge on any atom is 0.238 e. The number of nitrogens with two attached hydrogens (primary N) is 2. The van der Waals surface area contributed by atoms with Crippen LogP contribution in [-0.4, -0.2) is 32.3 Å². The van der Waals surface area contributed by atoms with Gasteiger partial charge in [-0.3, -0.25) is 0 Å². The predicted molar refractivity (Wildman–Crippen MR) is 124 cm³/mol. The third-order valence-corrected chi connectivity index (χ3v) is 8.38. The van der Waals surface area contributed by atoms with Crippen LogP contribution in [0.5, 0.6) is 0 Å². The lowest BCUT2D eigenvalue weighted by molar-refractivity contribution is 0.130. The Morgan fingerprint density at radius 3 is 2.00 bits per heavy atom. The number of hydrogen-bond acceptors (Lipinski definition) is 6. The molecule has 1 aliphatic carbocycles. The van der Waals surface area contributed by atoms with E-state index in [0.29, 0.717) is 11.6 Å². The van der Waals surface area contributed by atoms with Gasteiger partial charge in [0.05, 0.1) is 0 Å². The van der Waals surface area contributed by atoms with Gasteiger partial charge in [0, 0.05) is 15.6 Å². The summed E-state index contributed by atoms with van der Waals surface area (Å²) in [5.41, 5.74) is -2.48. The Hall–Kier alpha value is -1.92. The molecule has 0 saturated heterocycles. The van der Waals surface area contributed by atoms with Crippen LogP contribution in [0.15, 0.2) is 53.1 Å². The van der Waals surface area contributed by atoms with E-state index in [1.807, 2.05) is 0 Å². The van der Waals surface area contributed by atoms with Crippen LogP contribution in [0.2, 0.25) is 10.0 Å². The molecule has 0 heterocycles. The summed E-state index contributed by atoms with van der Waals surface area (Å²) in [6.45, 7) is 3.04. The van der Waals surface area contributed by atoms with Crippen molar-refractivity contribution < 1.29 is 27.0 Å². The molecule has 0 saturated carbocycles. The zero-order chi connectivity index (χ0) is 24.2. The van der Waals surface area contributed by atoms with E-state index in [-0.39, 0.29) is 26.7 Å². The predicted octanol–water partition coefficient (Wildman–Crippen LogP) is 2.61. The molecule has 0 radical (unpaired) electrons. The van der Waals surface area contributed by atoms with Gasteiger partial charge in [0.1, 0.15) is 16.3 Å². The third-order valence-electron chi connectivity index (χ3n) is 5.33. The number of sulfonamides is 2. The van der Waals surface area contributed by atoms with Crippen molar-refractivity contribution in [2.24, 2.45) is 10.3 Å². The molecule has 0 amide bonds. The number of aliphatic hydroxyl groups excluding tert-OH is 1. The first-order valence-corrected chi connectivity index (χ1v) is 13.0. The standard InChI is InChI=1S/C20H20Cl2N2O6S2/c1-10-12(5-3-7-14(10)21)17-18(31(23,27)28)16(25)9-20(26,19(17)32(24,29)30)13-6-4-8-15(22)11(13)2/h3-9,18,25-26H,1-2H3,(H2,23,27,28)(H2,24,29,30). The Kier molecular flexibility index (Phi) is 6.29. The van der Waals surface area contributed by atoms with Crippen LogP contribution < -0.4 is 10.3 Å². The summed E-state index contributed by atoms with van der Waals surface area (Å²) in [5, 5.41) is 31.7. The highest BCUT2D eigenvalue weighted by Crippen LogP contribution is 2.48. The zero-order valence-electron chi connectivity index (χ0n) is 16.9. The van der Waals surface area contributed by atoms with Crippen LogP contribution in [-0.2, 0) is 25.6 Å². The van der Waals surface area contributed by atoms with Gasteiger partial charge in [0.15, 0.2) is 5.25 Å². The maximum atomic E-state index is 12.9. The number of aliphatic hydroxyl groups is 2. The van der Waals surface area contributed by atoms with Gasteiger partial charge >= 0.3 is 0 Å². The van der Waals surface area contributed by atoms with Crippen LogP contribution in [0.4, 0.5) is 0 Å². The average molecular weight is 519 g/mol. The summed E-state index contributed by atoms with van der Waals surface area (Å²) < 4.78 is 50.7. The second-order valence-corrected chi connectivity index (χ2v) is 11.4. The highest BCUT2D eigenvalue weighted by atomic mass is 35.5. The molecule has 3 rings (SSSR count). The Balaban J connectivity index is 2.62. The van der Waals surface area contributed by atoms with Gasteiger partial charge in [-0.1, -0.05) is 47.5 Å². The van der Waals surface area contributed by atoms with Crippen molar-refractivity contribution in [3.05, 3.63) is 85.4 Å². The van der Waals surface area contributed by atoms with Crippen LogP contribution in [0, 0.1) is 13.8 Å². The minimum atomic E-state index is -4.79. The van der Waals surface area contributed by atoms with Crippen LogP contribution in [0.25, 0.3) is 5.57 Å². The highest BCUT2D eigenvalue weighted by Gasteiger charge is 2.51. The molecule has 12 heteroatoms. The van der Waals surface area contributed by atoms with Crippen molar-refractivity contribution in [1.29, 1.82) is 0 Å². The van der Waals surface area contributed by atoms with Crippen molar-refractivity contribution in [3.8, 4) is 0 Å². The average Bonchev–Trinajstić information content (AvgIpc) is 2.63. The summed E-state index contributed by atoms with van der Waals surface area (Å²) in [4.78, 5) is -0.863. The number of halogens is 2. The fourth-order valence-electron chi connectivity index (χ4n) is 3.91. The molecule has 172 valence electrons. The molecule has 0 bridgehead atoms. The van der Waals surface area contributed by atoms with E-state index in [4.69, 9.17) is 33.5 Å². The van der Waals surface area contributed by atoms with Crippen LogP contribution >= 0.6 is 23.2 Å². The lowest BCUT2D eigenvalue weighted by Crippen LogP contribution is -2.44. The Labute approximate surface area is 195 Å². The fraction of sp³-hybridized carbons (Fsp3) is 0.200. The fourth-order valence-corrected chi connectivity index (χ4v) is 6.45. The quantitative estimate of drug-likeness (QED) is 0.486. The first-order chi connectivity index (χ1) is 14.6. The number of hydrogen-bond donors (Lipinski definition) is 4. The maximum absolute atomic E-state index is 12.9. The molecule has 2 aromatic rings. The van der Waals surface area contributed by atoms with Crippen molar-refractivity contribution in [2.45, 2.75) is 24.7 Å². The molecule has 2 aromatic carbocycles. The van der Waals surface area contributed by atoms with E-state index >= 15 is 0 Å². The first-order valence-electron chi connectivity index (χ1n) is 9.05. The minimum Gasteiger partial charge on any atom is -0.511 e. The summed E-state index contributed by atoms with van der Waals surface area (Å²) in [7, 11) is -9.41. The molecule has 2 unspecified atom stereocenters. The lowest BCUT2D eigenvalue weighted by atomic mass is 9.80. The van der Waals surface area contributed by atoms with Gasteiger partial charge in [-0.05, 0) is 54.3 Å². The molecule has 6 N–H and O–H groups in total. The van der Waals surface area contributed by atoms with Gasteiger partial charge in [-0.25, -0.2) is 27.1 Å². The largest absolute Gasteiger partial charge is 0.511 e. The van der Waals surface area contributed by atoms with Gasteiger partial charge < -0.3 is 10.2 Å². The summed E-state index contributed by atoms with van der Waals surface area (Å²) in [6, 6.07) is 8.72. The number of primary sulfonamides is 2. The normalized spacial score (nSPS) is 22.1. The summed E-state index contributed by atoms with van der Waals surface area (Å²) in [6.07, 6.45) is 0.698. The van der Waals surface area contributed by atoms with E-state index in [1.54, 1.807) is 0 Å². The number of rotatable bonds is 4. The molecule has 2 atom stereocenters. The molecule has 0 aliphatic heterocycles. The molecular formula is C20H20Cl2N2O6S2. The molecule has 0 spiro atoms. The van der Waals surface area contributed by atoms with E-state index < -0.39 is 47.1 Å². The topological polar surface area (TPSA) is 161 Å². The Bertz CT molecular complexity index is 1400. The molecule has 0 aromatic heterocycles. The third kappa shape index (κ3) is 4.08. The molecule has 0 fully saturated rings. The van der Waals surface area contributed by atoms with Crippen molar-refractivity contribution in [1.82, 2.24) is 0 Å². The van der Waals surface area contributed by atoms with Gasteiger partial charge in [0.25, 0.3) is 0 Å². The first kappa shape index (κ1) is 24.7. The zero-order valence-corrected chi connectivity index (χ0v) is 20.0. The Morgan fingerprint density at radius 2 is 1.47 bits per heavy atom.